The summed E-state index contributed by atoms with van der Waals surface area (Å²) in [6.07, 6.45) is 6.16. The third kappa shape index (κ3) is 7.59. The Bertz CT molecular complexity index is 222. The molecule has 80 valence electrons. The number of allylic oxidation sites excluding steroid dienone is 3. The summed E-state index contributed by atoms with van der Waals surface area (Å²) in [7, 11) is 0. The van der Waals surface area contributed by atoms with Crippen molar-refractivity contribution < 1.29 is 9.53 Å². The summed E-state index contributed by atoms with van der Waals surface area (Å²) in [4.78, 5) is 10.0. The number of carbonyl (C=O) groups excluding carboxylic acids is 1. The lowest BCUT2D eigenvalue weighted by Gasteiger charge is -2.05. The first-order valence-corrected chi connectivity index (χ1v) is 4.96. The molecule has 0 amide bonds. The molecular formula is C12H20O2. The maximum atomic E-state index is 10.0. The van der Waals surface area contributed by atoms with Crippen molar-refractivity contribution in [2.24, 2.45) is 0 Å². The Balaban J connectivity index is 3.88. The summed E-state index contributed by atoms with van der Waals surface area (Å²) in [6.45, 7) is 8.60. The standard InChI is InChI=1S/C12H20O2/c1-10(2)6-5-7-11(3)8-12(4)14-9-13/h6,8-9,12H,5,7H2,1-4H3/b11-8+. The van der Waals surface area contributed by atoms with Gasteiger partial charge in [-0.25, -0.2) is 0 Å². The molecule has 0 rings (SSSR count). The van der Waals surface area contributed by atoms with Crippen LogP contribution in [0.3, 0.4) is 0 Å². The summed E-state index contributed by atoms with van der Waals surface area (Å²) in [5.41, 5.74) is 2.60. The molecule has 0 aromatic heterocycles. The van der Waals surface area contributed by atoms with Gasteiger partial charge in [-0.05, 0) is 46.6 Å². The Morgan fingerprint density at radius 2 is 2.00 bits per heavy atom. The average Bonchev–Trinajstić information content (AvgIpc) is 2.03. The summed E-state index contributed by atoms with van der Waals surface area (Å²) in [6, 6.07) is 0. The van der Waals surface area contributed by atoms with Crippen LogP contribution in [0, 0.1) is 0 Å². The van der Waals surface area contributed by atoms with Gasteiger partial charge in [-0.1, -0.05) is 17.2 Å². The van der Waals surface area contributed by atoms with E-state index in [9.17, 15) is 4.79 Å². The molecular weight excluding hydrogens is 176 g/mol. The fourth-order valence-corrected chi connectivity index (χ4v) is 1.20. The second kappa shape index (κ2) is 7.36. The van der Waals surface area contributed by atoms with Crippen molar-refractivity contribution in [2.45, 2.75) is 46.6 Å². The van der Waals surface area contributed by atoms with E-state index >= 15 is 0 Å². The average molecular weight is 196 g/mol. The zero-order valence-electron chi connectivity index (χ0n) is 9.54. The van der Waals surface area contributed by atoms with Crippen LogP contribution in [0.4, 0.5) is 0 Å². The molecule has 0 aliphatic rings. The van der Waals surface area contributed by atoms with Gasteiger partial charge >= 0.3 is 0 Å². The first-order valence-electron chi connectivity index (χ1n) is 4.96. The van der Waals surface area contributed by atoms with E-state index in [1.807, 2.05) is 13.0 Å². The molecule has 0 bridgehead atoms. The van der Waals surface area contributed by atoms with Crippen molar-refractivity contribution in [3.63, 3.8) is 0 Å². The van der Waals surface area contributed by atoms with Crippen LogP contribution >= 0.6 is 0 Å². The molecule has 0 radical (unpaired) electrons. The van der Waals surface area contributed by atoms with Crippen molar-refractivity contribution in [1.29, 1.82) is 0 Å². The van der Waals surface area contributed by atoms with Crippen LogP contribution in [0.15, 0.2) is 23.3 Å². The zero-order chi connectivity index (χ0) is 11.0. The quantitative estimate of drug-likeness (QED) is 0.481. The van der Waals surface area contributed by atoms with E-state index in [-0.39, 0.29) is 6.10 Å². The van der Waals surface area contributed by atoms with Gasteiger partial charge in [-0.2, -0.15) is 0 Å². The highest BCUT2D eigenvalue weighted by Gasteiger charge is 1.97. The molecule has 0 heterocycles. The molecule has 0 saturated heterocycles. The Hall–Kier alpha value is -1.05. The Labute approximate surface area is 86.6 Å². The minimum Gasteiger partial charge on any atom is -0.461 e. The first kappa shape index (κ1) is 12.9. The lowest BCUT2D eigenvalue weighted by Crippen LogP contribution is -2.03. The Kier molecular flexibility index (Phi) is 6.81. The predicted octanol–water partition coefficient (Wildman–Crippen LogP) is 3.24. The van der Waals surface area contributed by atoms with Crippen molar-refractivity contribution in [1.82, 2.24) is 0 Å². The smallest absolute Gasteiger partial charge is 0.293 e. The predicted molar refractivity (Wildman–Crippen MR) is 59.0 cm³/mol. The molecule has 0 aliphatic heterocycles. The third-order valence-electron chi connectivity index (χ3n) is 1.88. The van der Waals surface area contributed by atoms with E-state index in [0.717, 1.165) is 12.8 Å². The number of rotatable bonds is 6. The molecule has 0 spiro atoms. The highest BCUT2D eigenvalue weighted by Crippen LogP contribution is 2.08. The molecule has 2 heteroatoms. The van der Waals surface area contributed by atoms with Crippen molar-refractivity contribution in [3.8, 4) is 0 Å². The number of ether oxygens (including phenoxy) is 1. The molecule has 1 atom stereocenters. The summed E-state index contributed by atoms with van der Waals surface area (Å²) < 4.78 is 4.77. The number of hydrogen-bond acceptors (Lipinski definition) is 2. The Morgan fingerprint density at radius 1 is 1.36 bits per heavy atom. The minimum absolute atomic E-state index is 0.112. The number of carbonyl (C=O) groups is 1. The van der Waals surface area contributed by atoms with Gasteiger partial charge in [0.15, 0.2) is 0 Å². The van der Waals surface area contributed by atoms with Crippen LogP contribution in [0.2, 0.25) is 0 Å². The summed E-state index contributed by atoms with van der Waals surface area (Å²) >= 11 is 0. The van der Waals surface area contributed by atoms with Gasteiger partial charge in [0.1, 0.15) is 6.10 Å². The fraction of sp³-hybridized carbons (Fsp3) is 0.583. The van der Waals surface area contributed by atoms with E-state index in [1.165, 1.54) is 11.1 Å². The van der Waals surface area contributed by atoms with Gasteiger partial charge in [-0.3, -0.25) is 4.79 Å². The van der Waals surface area contributed by atoms with E-state index in [4.69, 9.17) is 4.74 Å². The van der Waals surface area contributed by atoms with Crippen LogP contribution in [-0.4, -0.2) is 12.6 Å². The van der Waals surface area contributed by atoms with E-state index in [1.54, 1.807) is 0 Å². The monoisotopic (exact) mass is 196 g/mol. The molecule has 2 nitrogen and oxygen atoms in total. The molecule has 14 heavy (non-hydrogen) atoms. The normalized spacial score (nSPS) is 13.3. The molecule has 0 aromatic carbocycles. The minimum atomic E-state index is -0.112. The van der Waals surface area contributed by atoms with Crippen molar-refractivity contribution in [3.05, 3.63) is 23.3 Å². The maximum absolute atomic E-state index is 10.0. The third-order valence-corrected chi connectivity index (χ3v) is 1.88. The topological polar surface area (TPSA) is 26.3 Å². The van der Waals surface area contributed by atoms with Gasteiger partial charge in [0.25, 0.3) is 6.47 Å². The van der Waals surface area contributed by atoms with Gasteiger partial charge in [-0.15, -0.1) is 0 Å². The van der Waals surface area contributed by atoms with Gasteiger partial charge in [0, 0.05) is 0 Å². The van der Waals surface area contributed by atoms with Crippen molar-refractivity contribution in [2.75, 3.05) is 0 Å². The van der Waals surface area contributed by atoms with Gasteiger partial charge < -0.3 is 4.74 Å². The second-order valence-corrected chi connectivity index (χ2v) is 3.77. The SMILES string of the molecule is CC(C)=CCC/C(C)=C/C(C)OC=O. The fourth-order valence-electron chi connectivity index (χ4n) is 1.20. The van der Waals surface area contributed by atoms with E-state index in [0.29, 0.717) is 6.47 Å². The zero-order valence-corrected chi connectivity index (χ0v) is 9.54. The van der Waals surface area contributed by atoms with Crippen LogP contribution < -0.4 is 0 Å². The maximum Gasteiger partial charge on any atom is 0.293 e. The van der Waals surface area contributed by atoms with Crippen LogP contribution in [0.1, 0.15) is 40.5 Å². The van der Waals surface area contributed by atoms with Gasteiger partial charge in [0.05, 0.1) is 0 Å². The number of hydrogen-bond donors (Lipinski definition) is 0. The lowest BCUT2D eigenvalue weighted by atomic mass is 10.1. The van der Waals surface area contributed by atoms with E-state index in [2.05, 4.69) is 26.8 Å². The molecule has 0 N–H and O–H groups in total. The van der Waals surface area contributed by atoms with E-state index < -0.39 is 0 Å². The first-order chi connectivity index (χ1) is 6.56. The lowest BCUT2D eigenvalue weighted by molar-refractivity contribution is -0.130. The van der Waals surface area contributed by atoms with Crippen LogP contribution in [0.5, 0.6) is 0 Å². The van der Waals surface area contributed by atoms with Gasteiger partial charge in [0.2, 0.25) is 0 Å². The highest BCUT2D eigenvalue weighted by molar-refractivity contribution is 5.37. The van der Waals surface area contributed by atoms with Crippen LogP contribution in [0.25, 0.3) is 0 Å². The largest absolute Gasteiger partial charge is 0.461 e. The molecule has 0 aromatic rings. The molecule has 1 unspecified atom stereocenters. The molecule has 0 aliphatic carbocycles. The second-order valence-electron chi connectivity index (χ2n) is 3.77. The van der Waals surface area contributed by atoms with Crippen LogP contribution in [-0.2, 0) is 9.53 Å². The molecule has 0 saturated carbocycles. The Morgan fingerprint density at radius 3 is 2.50 bits per heavy atom. The summed E-state index contributed by atoms with van der Waals surface area (Å²) in [5.74, 6) is 0. The highest BCUT2D eigenvalue weighted by atomic mass is 16.5. The van der Waals surface area contributed by atoms with Crippen molar-refractivity contribution >= 4 is 6.47 Å². The molecule has 0 fully saturated rings. The summed E-state index contributed by atoms with van der Waals surface area (Å²) in [5, 5.41) is 0.